The van der Waals surface area contributed by atoms with E-state index in [1.807, 2.05) is 35.2 Å². The van der Waals surface area contributed by atoms with E-state index in [-0.39, 0.29) is 12.5 Å². The number of nitrogens with zero attached hydrogens (tertiary/aromatic N) is 1. The van der Waals surface area contributed by atoms with E-state index in [0.717, 1.165) is 43.0 Å². The molecule has 0 atom stereocenters. The van der Waals surface area contributed by atoms with Crippen molar-refractivity contribution in [1.29, 1.82) is 0 Å². The average Bonchev–Trinajstić information content (AvgIpc) is 3.06. The summed E-state index contributed by atoms with van der Waals surface area (Å²) in [5.41, 5.74) is 0.502. The number of fused-ring (bicyclic) bond motifs is 1. The van der Waals surface area contributed by atoms with Crippen LogP contribution in [0, 0.1) is 0 Å². The van der Waals surface area contributed by atoms with Crippen molar-refractivity contribution in [3.05, 3.63) is 42.0 Å². The Morgan fingerprint density at radius 2 is 1.90 bits per heavy atom. The molecule has 1 heterocycles. The van der Waals surface area contributed by atoms with Gasteiger partial charge >= 0.3 is 0 Å². The number of carbonyl (C=O) groups is 2. The van der Waals surface area contributed by atoms with Crippen molar-refractivity contribution in [1.82, 2.24) is 4.90 Å². The van der Waals surface area contributed by atoms with Gasteiger partial charge in [-0.15, -0.1) is 0 Å². The van der Waals surface area contributed by atoms with Gasteiger partial charge in [0.15, 0.2) is 12.9 Å². The van der Waals surface area contributed by atoms with E-state index in [1.165, 1.54) is 0 Å². The van der Waals surface area contributed by atoms with E-state index in [4.69, 9.17) is 4.74 Å². The third-order valence-electron chi connectivity index (χ3n) is 3.86. The molecule has 0 unspecified atom stereocenters. The molecule has 0 bridgehead atoms. The Morgan fingerprint density at radius 3 is 2.67 bits per heavy atom. The van der Waals surface area contributed by atoms with E-state index in [2.05, 4.69) is 0 Å². The summed E-state index contributed by atoms with van der Waals surface area (Å²) in [6, 6.07) is 11.3. The molecule has 2 aromatic carbocycles. The predicted molar refractivity (Wildman–Crippen MR) is 80.6 cm³/mol. The first-order valence-corrected chi connectivity index (χ1v) is 7.17. The van der Waals surface area contributed by atoms with Crippen LogP contribution in [0.4, 0.5) is 0 Å². The molecule has 1 amide bonds. The number of amides is 1. The minimum absolute atomic E-state index is 0.0147. The second-order valence-corrected chi connectivity index (χ2v) is 5.19. The number of benzene rings is 2. The van der Waals surface area contributed by atoms with Crippen molar-refractivity contribution in [2.45, 2.75) is 12.8 Å². The molecule has 21 heavy (non-hydrogen) atoms. The van der Waals surface area contributed by atoms with Crippen LogP contribution in [0.3, 0.4) is 0 Å². The van der Waals surface area contributed by atoms with Crippen molar-refractivity contribution in [3.8, 4) is 5.75 Å². The van der Waals surface area contributed by atoms with E-state index in [1.54, 1.807) is 6.07 Å². The maximum atomic E-state index is 12.0. The van der Waals surface area contributed by atoms with Crippen LogP contribution in [0.2, 0.25) is 0 Å². The van der Waals surface area contributed by atoms with Crippen LogP contribution in [-0.4, -0.2) is 36.8 Å². The predicted octanol–water partition coefficient (Wildman–Crippen LogP) is 2.65. The third-order valence-corrected chi connectivity index (χ3v) is 3.86. The molecule has 1 saturated heterocycles. The Kier molecular flexibility index (Phi) is 3.86. The van der Waals surface area contributed by atoms with Crippen molar-refractivity contribution >= 4 is 23.0 Å². The van der Waals surface area contributed by atoms with Gasteiger partial charge in [-0.05, 0) is 29.7 Å². The van der Waals surface area contributed by atoms with E-state index < -0.39 is 0 Å². The first kappa shape index (κ1) is 13.6. The molecule has 4 nitrogen and oxygen atoms in total. The normalized spacial score (nSPS) is 14.4. The van der Waals surface area contributed by atoms with Gasteiger partial charge in [0.25, 0.3) is 5.91 Å². The highest BCUT2D eigenvalue weighted by Gasteiger charge is 2.18. The number of hydrogen-bond acceptors (Lipinski definition) is 3. The Hall–Kier alpha value is -2.36. The summed E-state index contributed by atoms with van der Waals surface area (Å²) in [6.07, 6.45) is 2.90. The highest BCUT2D eigenvalue weighted by atomic mass is 16.5. The van der Waals surface area contributed by atoms with E-state index in [0.29, 0.717) is 11.3 Å². The molecule has 4 heteroatoms. The largest absolute Gasteiger partial charge is 0.483 e. The van der Waals surface area contributed by atoms with Crippen LogP contribution in [0.5, 0.6) is 5.75 Å². The van der Waals surface area contributed by atoms with Crippen LogP contribution in [0.15, 0.2) is 36.4 Å². The molecule has 1 aliphatic heterocycles. The van der Waals surface area contributed by atoms with Gasteiger partial charge in [-0.25, -0.2) is 0 Å². The number of ether oxygens (including phenoxy) is 1. The Morgan fingerprint density at radius 1 is 1.14 bits per heavy atom. The number of carbonyl (C=O) groups excluding carboxylic acids is 2. The summed E-state index contributed by atoms with van der Waals surface area (Å²) < 4.78 is 5.59. The Balaban J connectivity index is 1.80. The Bertz CT molecular complexity index is 675. The van der Waals surface area contributed by atoms with E-state index >= 15 is 0 Å². The molecule has 108 valence electrons. The zero-order valence-corrected chi connectivity index (χ0v) is 11.7. The summed E-state index contributed by atoms with van der Waals surface area (Å²) >= 11 is 0. The first-order chi connectivity index (χ1) is 10.3. The van der Waals surface area contributed by atoms with Crippen LogP contribution >= 0.6 is 0 Å². The summed E-state index contributed by atoms with van der Waals surface area (Å²) in [4.78, 5) is 25.2. The second-order valence-electron chi connectivity index (χ2n) is 5.19. The lowest BCUT2D eigenvalue weighted by molar-refractivity contribution is -0.132. The summed E-state index contributed by atoms with van der Waals surface area (Å²) in [6.45, 7) is 1.60. The maximum Gasteiger partial charge on any atom is 0.260 e. The van der Waals surface area contributed by atoms with Crippen LogP contribution in [-0.2, 0) is 4.79 Å². The van der Waals surface area contributed by atoms with E-state index in [9.17, 15) is 9.59 Å². The summed E-state index contributed by atoms with van der Waals surface area (Å²) in [7, 11) is 0. The smallest absolute Gasteiger partial charge is 0.260 e. The van der Waals surface area contributed by atoms with Gasteiger partial charge in [0.2, 0.25) is 0 Å². The fraction of sp³-hybridized carbons (Fsp3) is 0.294. The lowest BCUT2D eigenvalue weighted by Gasteiger charge is -2.16. The first-order valence-electron chi connectivity index (χ1n) is 7.17. The molecule has 0 radical (unpaired) electrons. The average molecular weight is 283 g/mol. The fourth-order valence-electron chi connectivity index (χ4n) is 2.72. The van der Waals surface area contributed by atoms with Gasteiger partial charge in [0, 0.05) is 13.1 Å². The minimum Gasteiger partial charge on any atom is -0.483 e. The SMILES string of the molecule is O=Cc1c(OCC(=O)N2CCCC2)ccc2ccccc12. The molecule has 3 rings (SSSR count). The van der Waals surface area contributed by atoms with Gasteiger partial charge in [0.1, 0.15) is 5.75 Å². The Labute approximate surface area is 123 Å². The molecule has 2 aromatic rings. The molecule has 1 aliphatic rings. The molecule has 0 N–H and O–H groups in total. The quantitative estimate of drug-likeness (QED) is 0.810. The van der Waals surface area contributed by atoms with Gasteiger partial charge < -0.3 is 9.64 Å². The lowest BCUT2D eigenvalue weighted by atomic mass is 10.0. The minimum atomic E-state index is -0.0162. The van der Waals surface area contributed by atoms with Crippen LogP contribution < -0.4 is 4.74 Å². The van der Waals surface area contributed by atoms with Crippen molar-refractivity contribution in [2.75, 3.05) is 19.7 Å². The molecule has 0 spiro atoms. The monoisotopic (exact) mass is 283 g/mol. The van der Waals surface area contributed by atoms with Crippen molar-refractivity contribution in [2.24, 2.45) is 0 Å². The summed E-state index contributed by atoms with van der Waals surface area (Å²) in [5, 5.41) is 1.83. The number of hydrogen-bond donors (Lipinski definition) is 0. The molecule has 1 fully saturated rings. The fourth-order valence-corrected chi connectivity index (χ4v) is 2.72. The maximum absolute atomic E-state index is 12.0. The van der Waals surface area contributed by atoms with Crippen molar-refractivity contribution < 1.29 is 14.3 Å². The zero-order valence-electron chi connectivity index (χ0n) is 11.7. The van der Waals surface area contributed by atoms with Gasteiger partial charge in [0.05, 0.1) is 5.56 Å². The molecular weight excluding hydrogens is 266 g/mol. The van der Waals surface area contributed by atoms with Crippen LogP contribution in [0.1, 0.15) is 23.2 Å². The number of rotatable bonds is 4. The highest BCUT2D eigenvalue weighted by molar-refractivity contribution is 6.00. The van der Waals surface area contributed by atoms with Gasteiger partial charge in [-0.1, -0.05) is 30.3 Å². The van der Waals surface area contributed by atoms with Gasteiger partial charge in [-0.3, -0.25) is 9.59 Å². The topological polar surface area (TPSA) is 46.6 Å². The lowest BCUT2D eigenvalue weighted by Crippen LogP contribution is -2.32. The van der Waals surface area contributed by atoms with Crippen LogP contribution in [0.25, 0.3) is 10.8 Å². The molecular formula is C17H17NO3. The zero-order chi connectivity index (χ0) is 14.7. The standard InChI is InChI=1S/C17H17NO3/c19-11-15-14-6-2-1-5-13(14)7-8-16(15)21-12-17(20)18-9-3-4-10-18/h1-2,5-8,11H,3-4,9-10,12H2. The summed E-state index contributed by atoms with van der Waals surface area (Å²) in [5.74, 6) is 0.453. The highest BCUT2D eigenvalue weighted by Crippen LogP contribution is 2.26. The van der Waals surface area contributed by atoms with Crippen molar-refractivity contribution in [3.63, 3.8) is 0 Å². The molecule has 0 aromatic heterocycles. The number of likely N-dealkylation sites (tertiary alicyclic amines) is 1. The third kappa shape index (κ3) is 2.75. The number of aldehydes is 1. The van der Waals surface area contributed by atoms with Gasteiger partial charge in [-0.2, -0.15) is 0 Å². The molecule has 0 aliphatic carbocycles. The second kappa shape index (κ2) is 5.95. The molecule has 0 saturated carbocycles.